The Morgan fingerprint density at radius 2 is 2.18 bits per heavy atom. The normalized spacial score (nSPS) is 9.71. The van der Waals surface area contributed by atoms with E-state index in [1.807, 2.05) is 36.0 Å². The van der Waals surface area contributed by atoms with Crippen LogP contribution in [0.4, 0.5) is 0 Å². The number of aryl methyl sites for hydroxylation is 2. The molecule has 0 saturated heterocycles. The molecule has 17 heavy (non-hydrogen) atoms. The van der Waals surface area contributed by atoms with Crippen LogP contribution >= 0.6 is 9.69 Å². The molecule has 0 atom stereocenters. The topological polar surface area (TPSA) is 30.7 Å². The summed E-state index contributed by atoms with van der Waals surface area (Å²) in [5.41, 5.74) is 0.995. The van der Waals surface area contributed by atoms with Gasteiger partial charge in [-0.15, -0.1) is 35.9 Å². The fourth-order valence-electron chi connectivity index (χ4n) is 1.53. The summed E-state index contributed by atoms with van der Waals surface area (Å²) in [5, 5.41) is 4.36. The molecular formula is C12H14ClN3Zn. The molecule has 3 nitrogen and oxygen atoms in total. The summed E-state index contributed by atoms with van der Waals surface area (Å²) in [6.45, 7) is 2.13. The molecule has 0 bridgehead atoms. The summed E-state index contributed by atoms with van der Waals surface area (Å²) < 4.78 is 1.82. The van der Waals surface area contributed by atoms with Crippen LogP contribution in [0, 0.1) is 6.07 Å². The molecule has 86 valence electrons. The zero-order valence-electron chi connectivity index (χ0n) is 10.2. The Hall–Kier alpha value is -0.727. The summed E-state index contributed by atoms with van der Waals surface area (Å²) in [5.74, 6) is 1.80. The van der Waals surface area contributed by atoms with Crippen LogP contribution in [-0.4, -0.2) is 14.8 Å². The second-order valence-corrected chi connectivity index (χ2v) is 3.50. The van der Waals surface area contributed by atoms with Crippen LogP contribution in [0.5, 0.6) is 0 Å². The first kappa shape index (κ1) is 14.3. The van der Waals surface area contributed by atoms with Crippen molar-refractivity contribution in [2.24, 2.45) is 7.05 Å². The first-order valence-corrected chi connectivity index (χ1v) is 9.35. The van der Waals surface area contributed by atoms with Crippen molar-refractivity contribution < 1.29 is 17.3 Å². The second-order valence-electron chi connectivity index (χ2n) is 3.50. The standard InChI is InChI=1S/C12H14N3.ClH.Zn/c1-3-7-11-13-12(15(2)14-11)10-8-5-4-6-9-10;;/h4-6,8H,3,7H2,1-2H3;1H;/q-1;;+2/p-1. The van der Waals surface area contributed by atoms with Gasteiger partial charge in [0.1, 0.15) is 5.82 Å². The van der Waals surface area contributed by atoms with E-state index in [4.69, 9.17) is 9.69 Å². The number of nitrogens with zero attached hydrogens (tertiary/aromatic N) is 3. The molecule has 0 radical (unpaired) electrons. The minimum absolute atomic E-state index is 0.847. The SMILES string of the molecule is CCCc1nc(-c2[c-]cccc2)n(C)n1.[Cl][Zn+]. The van der Waals surface area contributed by atoms with Gasteiger partial charge in [-0.05, 0) is 6.42 Å². The number of halogens is 1. The van der Waals surface area contributed by atoms with Crippen LogP contribution in [0.2, 0.25) is 0 Å². The molecule has 2 rings (SSSR count). The number of rotatable bonds is 3. The zero-order valence-corrected chi connectivity index (χ0v) is 13.9. The number of aromatic nitrogens is 3. The molecule has 1 aromatic carbocycles. The second kappa shape index (κ2) is 7.57. The Balaban J connectivity index is 0.000000686. The van der Waals surface area contributed by atoms with E-state index >= 15 is 0 Å². The molecule has 0 aliphatic heterocycles. The molecule has 0 saturated carbocycles. The van der Waals surface area contributed by atoms with Crippen molar-refractivity contribution in [1.82, 2.24) is 14.8 Å². The fraction of sp³-hybridized carbons (Fsp3) is 0.333. The van der Waals surface area contributed by atoms with Crippen LogP contribution in [-0.2, 0) is 30.8 Å². The minimum atomic E-state index is 0.847. The van der Waals surface area contributed by atoms with E-state index in [1.165, 1.54) is 0 Å². The van der Waals surface area contributed by atoms with E-state index in [0.717, 1.165) is 47.4 Å². The molecule has 2 aromatic rings. The molecule has 1 aromatic heterocycles. The predicted octanol–water partition coefficient (Wildman–Crippen LogP) is 2.92. The number of benzene rings is 1. The maximum atomic E-state index is 4.76. The van der Waals surface area contributed by atoms with Crippen molar-refractivity contribution in [3.05, 3.63) is 36.2 Å². The number of hydrogen-bond donors (Lipinski definition) is 0. The van der Waals surface area contributed by atoms with Gasteiger partial charge in [-0.2, -0.15) is 5.10 Å². The van der Waals surface area contributed by atoms with Crippen LogP contribution < -0.4 is 0 Å². The predicted molar refractivity (Wildman–Crippen MR) is 65.1 cm³/mol. The van der Waals surface area contributed by atoms with E-state index in [0.29, 0.717) is 0 Å². The molecule has 0 fully saturated rings. The summed E-state index contributed by atoms with van der Waals surface area (Å²) in [6, 6.07) is 11.0. The average molecular weight is 301 g/mol. The molecule has 0 unspecified atom stereocenters. The maximum absolute atomic E-state index is 4.76. The van der Waals surface area contributed by atoms with Crippen LogP contribution in [0.1, 0.15) is 19.2 Å². The molecular weight excluding hydrogens is 287 g/mol. The fourth-order valence-corrected chi connectivity index (χ4v) is 1.53. The first-order valence-electron chi connectivity index (χ1n) is 5.45. The van der Waals surface area contributed by atoms with Gasteiger partial charge in [0.05, 0.1) is 5.82 Å². The van der Waals surface area contributed by atoms with E-state index < -0.39 is 0 Å². The van der Waals surface area contributed by atoms with Crippen LogP contribution in [0.15, 0.2) is 24.3 Å². The third-order valence-corrected chi connectivity index (χ3v) is 2.23. The van der Waals surface area contributed by atoms with Crippen molar-refractivity contribution in [3.8, 4) is 11.4 Å². The molecule has 0 amide bonds. The third-order valence-electron chi connectivity index (χ3n) is 2.23. The Morgan fingerprint density at radius 3 is 2.76 bits per heavy atom. The van der Waals surface area contributed by atoms with E-state index in [1.54, 1.807) is 0 Å². The van der Waals surface area contributed by atoms with Gasteiger partial charge < -0.3 is 0 Å². The average Bonchev–Trinajstić information content (AvgIpc) is 2.74. The Morgan fingerprint density at radius 1 is 1.41 bits per heavy atom. The summed E-state index contributed by atoms with van der Waals surface area (Å²) in [6.07, 6.45) is 2.00. The molecule has 0 aliphatic carbocycles. The van der Waals surface area contributed by atoms with Gasteiger partial charge in [-0.25, -0.2) is 0 Å². The molecule has 0 spiro atoms. The van der Waals surface area contributed by atoms with Gasteiger partial charge in [-0.1, -0.05) is 6.92 Å². The van der Waals surface area contributed by atoms with Gasteiger partial charge in [-0.3, -0.25) is 9.67 Å². The van der Waals surface area contributed by atoms with Crippen molar-refractivity contribution in [2.75, 3.05) is 0 Å². The molecule has 0 N–H and O–H groups in total. The van der Waals surface area contributed by atoms with Gasteiger partial charge in [0.25, 0.3) is 0 Å². The van der Waals surface area contributed by atoms with E-state index in [-0.39, 0.29) is 0 Å². The summed E-state index contributed by atoms with van der Waals surface area (Å²) in [4.78, 5) is 4.49. The quantitative estimate of drug-likeness (QED) is 0.644. The summed E-state index contributed by atoms with van der Waals surface area (Å²) in [7, 11) is 6.68. The van der Waals surface area contributed by atoms with Gasteiger partial charge in [0.2, 0.25) is 0 Å². The van der Waals surface area contributed by atoms with Gasteiger partial charge in [0.15, 0.2) is 0 Å². The zero-order chi connectivity index (χ0) is 12.7. The number of hydrogen-bond acceptors (Lipinski definition) is 2. The van der Waals surface area contributed by atoms with Gasteiger partial charge in [0, 0.05) is 13.5 Å². The van der Waals surface area contributed by atoms with Crippen molar-refractivity contribution in [3.63, 3.8) is 0 Å². The summed E-state index contributed by atoms with van der Waals surface area (Å²) >= 11 is 0.847. The van der Waals surface area contributed by atoms with Gasteiger partial charge >= 0.3 is 27.0 Å². The van der Waals surface area contributed by atoms with E-state index in [9.17, 15) is 0 Å². The van der Waals surface area contributed by atoms with E-state index in [2.05, 4.69) is 23.1 Å². The van der Waals surface area contributed by atoms with Crippen LogP contribution in [0.3, 0.4) is 0 Å². The van der Waals surface area contributed by atoms with Crippen molar-refractivity contribution in [2.45, 2.75) is 19.8 Å². The Labute approximate surface area is 116 Å². The van der Waals surface area contributed by atoms with Crippen molar-refractivity contribution in [1.29, 1.82) is 0 Å². The molecule has 1 heterocycles. The monoisotopic (exact) mass is 299 g/mol. The Bertz CT molecular complexity index is 442. The van der Waals surface area contributed by atoms with Crippen molar-refractivity contribution >= 4 is 9.69 Å². The third kappa shape index (κ3) is 3.90. The molecule has 0 aliphatic rings. The first-order chi connectivity index (χ1) is 8.31. The Kier molecular flexibility index (Phi) is 6.38. The molecule has 5 heteroatoms. The van der Waals surface area contributed by atoms with Crippen LogP contribution in [0.25, 0.3) is 11.4 Å².